The number of nitrogens with one attached hydrogen (secondary N) is 1. The Labute approximate surface area is 195 Å². The predicted octanol–water partition coefficient (Wildman–Crippen LogP) is 6.83. The van der Waals surface area contributed by atoms with Gasteiger partial charge in [0.25, 0.3) is 0 Å². The van der Waals surface area contributed by atoms with E-state index in [1.165, 1.54) is 0 Å². The van der Waals surface area contributed by atoms with Gasteiger partial charge in [-0.05, 0) is 85.0 Å². The summed E-state index contributed by atoms with van der Waals surface area (Å²) in [5.41, 5.74) is 2.77. The lowest BCUT2D eigenvalue weighted by Crippen LogP contribution is -2.29. The van der Waals surface area contributed by atoms with Crippen LogP contribution < -0.4 is 10.2 Å². The monoisotopic (exact) mass is 465 g/mol. The second kappa shape index (κ2) is 8.35. The van der Waals surface area contributed by atoms with Gasteiger partial charge in [0.2, 0.25) is 0 Å². The molecule has 2 unspecified atom stereocenters. The quantitative estimate of drug-likeness (QED) is 0.334. The van der Waals surface area contributed by atoms with Gasteiger partial charge in [-0.25, -0.2) is 0 Å². The first-order valence-electron chi connectivity index (χ1n) is 9.72. The van der Waals surface area contributed by atoms with E-state index in [0.717, 1.165) is 28.5 Å². The maximum atomic E-state index is 6.33. The van der Waals surface area contributed by atoms with Gasteiger partial charge in [-0.1, -0.05) is 29.3 Å². The largest absolute Gasteiger partial charge is 0.459 e. The van der Waals surface area contributed by atoms with Crippen LogP contribution >= 0.6 is 35.4 Å². The third kappa shape index (κ3) is 3.92. The molecule has 0 amide bonds. The SMILES string of the molecule is S=C1NC(c2ccccn2)C(c2ccc(-c3ccc(Cl)cc3)o2)N1c1ccc(Cl)cc1. The average Bonchev–Trinajstić information content (AvgIpc) is 3.40. The smallest absolute Gasteiger partial charge is 0.174 e. The number of hydrogen-bond donors (Lipinski definition) is 1. The van der Waals surface area contributed by atoms with Crippen LogP contribution in [0, 0.1) is 0 Å². The van der Waals surface area contributed by atoms with Crippen molar-refractivity contribution in [3.63, 3.8) is 0 Å². The highest BCUT2D eigenvalue weighted by Gasteiger charge is 2.42. The second-order valence-electron chi connectivity index (χ2n) is 7.18. The molecule has 4 aromatic rings. The summed E-state index contributed by atoms with van der Waals surface area (Å²) in [6.45, 7) is 0. The molecule has 0 saturated carbocycles. The molecule has 0 bridgehead atoms. The predicted molar refractivity (Wildman–Crippen MR) is 129 cm³/mol. The molecule has 0 aliphatic carbocycles. The zero-order chi connectivity index (χ0) is 21.4. The molecule has 1 fully saturated rings. The molecule has 4 nitrogen and oxygen atoms in total. The number of thiocarbonyl (C=S) groups is 1. The normalized spacial score (nSPS) is 18.3. The Morgan fingerprint density at radius 3 is 2.26 bits per heavy atom. The lowest BCUT2D eigenvalue weighted by molar-refractivity contribution is 0.439. The average molecular weight is 466 g/mol. The number of hydrogen-bond acceptors (Lipinski definition) is 3. The maximum absolute atomic E-state index is 6.33. The number of anilines is 1. The van der Waals surface area contributed by atoms with Crippen LogP contribution in [0.2, 0.25) is 10.0 Å². The fourth-order valence-corrected chi connectivity index (χ4v) is 4.40. The summed E-state index contributed by atoms with van der Waals surface area (Å²) in [5, 5.41) is 5.38. The van der Waals surface area contributed by atoms with E-state index >= 15 is 0 Å². The number of halogens is 2. The topological polar surface area (TPSA) is 41.3 Å². The van der Waals surface area contributed by atoms with Crippen molar-refractivity contribution in [2.45, 2.75) is 12.1 Å². The van der Waals surface area contributed by atoms with Gasteiger partial charge in [0, 0.05) is 27.5 Å². The first-order valence-corrected chi connectivity index (χ1v) is 10.9. The molecule has 0 radical (unpaired) electrons. The highest BCUT2D eigenvalue weighted by atomic mass is 35.5. The molecule has 3 heterocycles. The molecule has 1 aliphatic rings. The summed E-state index contributed by atoms with van der Waals surface area (Å²) in [4.78, 5) is 6.61. The molecule has 2 aromatic heterocycles. The Morgan fingerprint density at radius 1 is 0.871 bits per heavy atom. The Kier molecular flexibility index (Phi) is 5.40. The fourth-order valence-electron chi connectivity index (χ4n) is 3.80. The third-order valence-corrected chi connectivity index (χ3v) is 6.07. The van der Waals surface area contributed by atoms with E-state index in [9.17, 15) is 0 Å². The molecule has 0 spiro atoms. The summed E-state index contributed by atoms with van der Waals surface area (Å²) < 4.78 is 6.33. The lowest BCUT2D eigenvalue weighted by Gasteiger charge is -2.26. The van der Waals surface area contributed by atoms with Crippen molar-refractivity contribution >= 4 is 46.2 Å². The van der Waals surface area contributed by atoms with Gasteiger partial charge < -0.3 is 14.6 Å². The molecule has 31 heavy (non-hydrogen) atoms. The van der Waals surface area contributed by atoms with Gasteiger partial charge in [-0.15, -0.1) is 0 Å². The van der Waals surface area contributed by atoms with Gasteiger partial charge in [0.15, 0.2) is 5.11 Å². The van der Waals surface area contributed by atoms with Crippen molar-refractivity contribution in [2.75, 3.05) is 4.90 Å². The molecule has 5 rings (SSSR count). The molecule has 2 atom stereocenters. The van der Waals surface area contributed by atoms with Crippen LogP contribution in [0.5, 0.6) is 0 Å². The Balaban J connectivity index is 1.59. The molecule has 1 saturated heterocycles. The maximum Gasteiger partial charge on any atom is 0.174 e. The van der Waals surface area contributed by atoms with Crippen LogP contribution in [0.3, 0.4) is 0 Å². The zero-order valence-corrected chi connectivity index (χ0v) is 18.5. The van der Waals surface area contributed by atoms with E-state index in [4.69, 9.17) is 39.8 Å². The van der Waals surface area contributed by atoms with Crippen LogP contribution in [-0.4, -0.2) is 10.1 Å². The summed E-state index contributed by atoms with van der Waals surface area (Å²) in [7, 11) is 0. The van der Waals surface area contributed by atoms with Crippen LogP contribution in [0.1, 0.15) is 23.5 Å². The number of aromatic nitrogens is 1. The van der Waals surface area contributed by atoms with E-state index in [2.05, 4.69) is 15.2 Å². The van der Waals surface area contributed by atoms with E-state index < -0.39 is 0 Å². The second-order valence-corrected chi connectivity index (χ2v) is 8.44. The molecular weight excluding hydrogens is 449 g/mol. The minimum absolute atomic E-state index is 0.173. The minimum Gasteiger partial charge on any atom is -0.459 e. The molecule has 7 heteroatoms. The van der Waals surface area contributed by atoms with Gasteiger partial charge in [-0.2, -0.15) is 0 Å². The Morgan fingerprint density at radius 2 is 1.58 bits per heavy atom. The number of nitrogens with zero attached hydrogens (tertiary/aromatic N) is 2. The van der Waals surface area contributed by atoms with Gasteiger partial charge in [0.1, 0.15) is 17.6 Å². The standard InChI is InChI=1S/C24H17Cl2N3OS/c25-16-6-4-15(5-7-16)20-12-13-21(30-20)23-22(19-3-1-2-14-27-19)28-24(31)29(23)18-10-8-17(26)9-11-18/h1-14,22-23H,(H,28,31). The van der Waals surface area contributed by atoms with Gasteiger partial charge in [0.05, 0.1) is 11.7 Å². The van der Waals surface area contributed by atoms with Crippen molar-refractivity contribution in [3.05, 3.63) is 107 Å². The van der Waals surface area contributed by atoms with E-state index in [0.29, 0.717) is 15.2 Å². The van der Waals surface area contributed by atoms with Crippen molar-refractivity contribution in [1.29, 1.82) is 0 Å². The number of furan rings is 1. The number of pyridine rings is 1. The molecule has 2 aromatic carbocycles. The fraction of sp³-hybridized carbons (Fsp3) is 0.0833. The van der Waals surface area contributed by atoms with Crippen molar-refractivity contribution < 1.29 is 4.42 Å². The number of benzene rings is 2. The van der Waals surface area contributed by atoms with E-state index in [1.54, 1.807) is 6.20 Å². The summed E-state index contributed by atoms with van der Waals surface area (Å²) in [6.07, 6.45) is 1.78. The molecular formula is C24H17Cl2N3OS. The van der Waals surface area contributed by atoms with Crippen LogP contribution in [0.25, 0.3) is 11.3 Å². The van der Waals surface area contributed by atoms with E-state index in [1.807, 2.05) is 78.9 Å². The van der Waals surface area contributed by atoms with Crippen molar-refractivity contribution in [2.24, 2.45) is 0 Å². The molecule has 154 valence electrons. The molecule has 1 N–H and O–H groups in total. The Bertz CT molecular complexity index is 1210. The highest BCUT2D eigenvalue weighted by molar-refractivity contribution is 7.80. The van der Waals surface area contributed by atoms with Crippen LogP contribution in [-0.2, 0) is 0 Å². The summed E-state index contributed by atoms with van der Waals surface area (Å²) in [6, 6.07) is 24.6. The van der Waals surface area contributed by atoms with Crippen LogP contribution in [0.4, 0.5) is 5.69 Å². The Hall–Kier alpha value is -2.86. The van der Waals surface area contributed by atoms with Gasteiger partial charge in [-0.3, -0.25) is 4.98 Å². The van der Waals surface area contributed by atoms with Crippen LogP contribution in [0.15, 0.2) is 89.5 Å². The first-order chi connectivity index (χ1) is 15.1. The highest BCUT2D eigenvalue weighted by Crippen LogP contribution is 2.43. The summed E-state index contributed by atoms with van der Waals surface area (Å²) >= 11 is 17.9. The zero-order valence-electron chi connectivity index (χ0n) is 16.2. The molecule has 1 aliphatic heterocycles. The van der Waals surface area contributed by atoms with E-state index in [-0.39, 0.29) is 12.1 Å². The van der Waals surface area contributed by atoms with Crippen molar-refractivity contribution in [1.82, 2.24) is 10.3 Å². The minimum atomic E-state index is -0.218. The lowest BCUT2D eigenvalue weighted by atomic mass is 10.0. The van der Waals surface area contributed by atoms with Crippen molar-refractivity contribution in [3.8, 4) is 11.3 Å². The summed E-state index contributed by atoms with van der Waals surface area (Å²) in [5.74, 6) is 1.54. The van der Waals surface area contributed by atoms with Gasteiger partial charge >= 0.3 is 0 Å². The number of rotatable bonds is 4. The first kappa shape index (κ1) is 20.1. The third-order valence-electron chi connectivity index (χ3n) is 5.25.